The summed E-state index contributed by atoms with van der Waals surface area (Å²) in [5, 5.41) is 11.1. The van der Waals surface area contributed by atoms with Crippen LogP contribution >= 0.6 is 0 Å². The summed E-state index contributed by atoms with van der Waals surface area (Å²) in [5.74, 6) is -0.610. The largest absolute Gasteiger partial charge is 0.478 e. The molecule has 0 spiro atoms. The lowest BCUT2D eigenvalue weighted by atomic mass is 10.2. The molecule has 0 fully saturated rings. The zero-order valence-electron chi connectivity index (χ0n) is 11.0. The van der Waals surface area contributed by atoms with Gasteiger partial charge in [-0.25, -0.2) is 4.79 Å². The van der Waals surface area contributed by atoms with Gasteiger partial charge in [0.1, 0.15) is 5.75 Å². The molecule has 5 nitrogen and oxygen atoms in total. The molecule has 0 saturated carbocycles. The fourth-order valence-electron chi connectivity index (χ4n) is 1.60. The topological polar surface area (TPSA) is 75.6 Å². The van der Waals surface area contributed by atoms with Crippen LogP contribution in [0, 0.1) is 0 Å². The third-order valence-corrected chi connectivity index (χ3v) is 2.49. The molecular weight excluding hydrogens is 270 g/mol. The summed E-state index contributed by atoms with van der Waals surface area (Å²) in [5.41, 5.74) is 0.460. The van der Waals surface area contributed by atoms with Crippen molar-refractivity contribution in [2.75, 3.05) is 5.32 Å². The maximum atomic E-state index is 11.6. The van der Waals surface area contributed by atoms with Crippen LogP contribution in [0.3, 0.4) is 0 Å². The second-order valence-corrected chi connectivity index (χ2v) is 4.07. The molecule has 0 aliphatic heterocycles. The number of benzene rings is 2. The highest BCUT2D eigenvalue weighted by atomic mass is 16.5. The van der Waals surface area contributed by atoms with Crippen molar-refractivity contribution in [2.24, 2.45) is 0 Å². The molecule has 0 saturated heterocycles. The van der Waals surface area contributed by atoms with Gasteiger partial charge in [0.05, 0.1) is 5.69 Å². The van der Waals surface area contributed by atoms with Gasteiger partial charge in [-0.1, -0.05) is 30.3 Å². The van der Waals surface area contributed by atoms with Crippen LogP contribution in [0.5, 0.6) is 11.5 Å². The van der Waals surface area contributed by atoms with Crippen LogP contribution in [0.25, 0.3) is 0 Å². The number of ether oxygens (including phenoxy) is 1. The maximum absolute atomic E-state index is 11.6. The molecule has 21 heavy (non-hydrogen) atoms. The van der Waals surface area contributed by atoms with E-state index in [-0.39, 0.29) is 0 Å². The van der Waals surface area contributed by atoms with Gasteiger partial charge in [-0.2, -0.15) is 0 Å². The van der Waals surface area contributed by atoms with Gasteiger partial charge < -0.3 is 15.2 Å². The number of carbonyl (C=O) groups excluding carboxylic acids is 1. The van der Waals surface area contributed by atoms with Gasteiger partial charge in [0.2, 0.25) is 5.91 Å². The van der Waals surface area contributed by atoms with Gasteiger partial charge in [0, 0.05) is 12.2 Å². The van der Waals surface area contributed by atoms with Gasteiger partial charge in [0.25, 0.3) is 0 Å². The van der Waals surface area contributed by atoms with Gasteiger partial charge in [-0.05, 0) is 24.3 Å². The molecule has 0 radical (unpaired) electrons. The smallest absolute Gasteiger partial charge is 0.328 e. The fourth-order valence-corrected chi connectivity index (χ4v) is 1.60. The average Bonchev–Trinajstić information content (AvgIpc) is 2.48. The third-order valence-electron chi connectivity index (χ3n) is 2.49. The molecule has 0 unspecified atom stereocenters. The van der Waals surface area contributed by atoms with Crippen LogP contribution in [0.4, 0.5) is 5.69 Å². The zero-order valence-corrected chi connectivity index (χ0v) is 11.0. The van der Waals surface area contributed by atoms with Crippen LogP contribution in [-0.4, -0.2) is 17.0 Å². The van der Waals surface area contributed by atoms with Gasteiger partial charge in [-0.15, -0.1) is 0 Å². The second-order valence-electron chi connectivity index (χ2n) is 4.07. The molecule has 5 heteroatoms. The molecule has 0 aliphatic rings. The Labute approximate surface area is 121 Å². The molecule has 0 aromatic heterocycles. The van der Waals surface area contributed by atoms with Crippen molar-refractivity contribution < 1.29 is 19.4 Å². The Hall–Kier alpha value is -3.08. The first-order valence-corrected chi connectivity index (χ1v) is 6.19. The SMILES string of the molecule is O=C(O)/C=C\C(=O)Nc1ccccc1Oc1ccccc1. The van der Waals surface area contributed by atoms with E-state index < -0.39 is 11.9 Å². The van der Waals surface area contributed by atoms with Crippen molar-refractivity contribution in [3.05, 3.63) is 66.7 Å². The summed E-state index contributed by atoms with van der Waals surface area (Å²) in [7, 11) is 0. The predicted molar refractivity (Wildman–Crippen MR) is 78.4 cm³/mol. The normalized spacial score (nSPS) is 10.3. The minimum absolute atomic E-state index is 0.460. The Kier molecular flexibility index (Phi) is 4.71. The Bertz CT molecular complexity index is 665. The molecule has 106 valence electrons. The number of nitrogens with one attached hydrogen (secondary N) is 1. The number of rotatable bonds is 5. The first kappa shape index (κ1) is 14.3. The standard InChI is InChI=1S/C16H13NO4/c18-15(10-11-16(19)20)17-13-8-4-5-9-14(13)21-12-6-2-1-3-7-12/h1-11H,(H,17,18)(H,19,20)/b11-10-. The van der Waals surface area contributed by atoms with E-state index in [2.05, 4.69) is 5.32 Å². The number of para-hydroxylation sites is 3. The third kappa shape index (κ3) is 4.50. The van der Waals surface area contributed by atoms with E-state index in [1.807, 2.05) is 18.2 Å². The average molecular weight is 283 g/mol. The number of hydrogen-bond donors (Lipinski definition) is 2. The van der Waals surface area contributed by atoms with E-state index in [0.717, 1.165) is 12.2 Å². The summed E-state index contributed by atoms with van der Waals surface area (Å²) in [6, 6.07) is 16.0. The van der Waals surface area contributed by atoms with E-state index in [1.54, 1.807) is 36.4 Å². The highest BCUT2D eigenvalue weighted by Crippen LogP contribution is 2.28. The summed E-state index contributed by atoms with van der Waals surface area (Å²) in [6.45, 7) is 0. The van der Waals surface area contributed by atoms with E-state index >= 15 is 0 Å². The number of amides is 1. The Morgan fingerprint density at radius 3 is 2.33 bits per heavy atom. The molecule has 1 amide bonds. The van der Waals surface area contributed by atoms with Crippen molar-refractivity contribution in [1.29, 1.82) is 0 Å². The number of aliphatic carboxylic acids is 1. The van der Waals surface area contributed by atoms with Crippen molar-refractivity contribution in [2.45, 2.75) is 0 Å². The van der Waals surface area contributed by atoms with Gasteiger partial charge in [0.15, 0.2) is 5.75 Å². The van der Waals surface area contributed by atoms with E-state index in [4.69, 9.17) is 9.84 Å². The summed E-state index contributed by atoms with van der Waals surface area (Å²) in [4.78, 5) is 22.0. The lowest BCUT2D eigenvalue weighted by Gasteiger charge is -2.11. The van der Waals surface area contributed by atoms with Crippen LogP contribution in [0.15, 0.2) is 66.7 Å². The number of carboxylic acid groups (broad SMARTS) is 1. The molecule has 0 heterocycles. The van der Waals surface area contributed by atoms with Crippen LogP contribution in [-0.2, 0) is 9.59 Å². The molecule has 2 N–H and O–H groups in total. The Morgan fingerprint density at radius 2 is 1.62 bits per heavy atom. The maximum Gasteiger partial charge on any atom is 0.328 e. The first-order chi connectivity index (χ1) is 10.1. The number of anilines is 1. The van der Waals surface area contributed by atoms with E-state index in [1.165, 1.54) is 0 Å². The molecule has 0 aliphatic carbocycles. The van der Waals surface area contributed by atoms with Gasteiger partial charge in [-0.3, -0.25) is 4.79 Å². The fraction of sp³-hybridized carbons (Fsp3) is 0. The Balaban J connectivity index is 2.14. The van der Waals surface area contributed by atoms with Crippen LogP contribution < -0.4 is 10.1 Å². The monoisotopic (exact) mass is 283 g/mol. The molecular formula is C16H13NO4. The minimum atomic E-state index is -1.18. The molecule has 0 bridgehead atoms. The number of carbonyl (C=O) groups is 2. The van der Waals surface area contributed by atoms with Gasteiger partial charge >= 0.3 is 5.97 Å². The zero-order chi connectivity index (χ0) is 15.1. The molecule has 2 aromatic carbocycles. The van der Waals surface area contributed by atoms with Crippen molar-refractivity contribution in [3.8, 4) is 11.5 Å². The first-order valence-electron chi connectivity index (χ1n) is 6.19. The molecule has 2 rings (SSSR count). The highest BCUT2D eigenvalue weighted by molar-refractivity contribution is 6.03. The highest BCUT2D eigenvalue weighted by Gasteiger charge is 2.06. The number of carboxylic acids is 1. The van der Waals surface area contributed by atoms with Crippen LogP contribution in [0.2, 0.25) is 0 Å². The van der Waals surface area contributed by atoms with Crippen molar-refractivity contribution in [3.63, 3.8) is 0 Å². The quantitative estimate of drug-likeness (QED) is 0.827. The number of hydrogen-bond acceptors (Lipinski definition) is 3. The minimum Gasteiger partial charge on any atom is -0.478 e. The molecule has 0 atom stereocenters. The van der Waals surface area contributed by atoms with Crippen molar-refractivity contribution >= 4 is 17.6 Å². The summed E-state index contributed by atoms with van der Waals surface area (Å²) < 4.78 is 5.68. The summed E-state index contributed by atoms with van der Waals surface area (Å²) >= 11 is 0. The lowest BCUT2D eigenvalue weighted by Crippen LogP contribution is -2.09. The summed E-state index contributed by atoms with van der Waals surface area (Å²) in [6.07, 6.45) is 1.72. The Morgan fingerprint density at radius 1 is 0.952 bits per heavy atom. The molecule has 2 aromatic rings. The predicted octanol–water partition coefficient (Wildman–Crippen LogP) is 3.06. The van der Waals surface area contributed by atoms with Crippen LogP contribution in [0.1, 0.15) is 0 Å². The van der Waals surface area contributed by atoms with E-state index in [9.17, 15) is 9.59 Å². The van der Waals surface area contributed by atoms with Crippen molar-refractivity contribution in [1.82, 2.24) is 0 Å². The second kappa shape index (κ2) is 6.91. The van der Waals surface area contributed by atoms with E-state index in [0.29, 0.717) is 17.2 Å². The lowest BCUT2D eigenvalue weighted by molar-refractivity contribution is -0.131.